The molecule has 1 aliphatic carbocycles. The van der Waals surface area contributed by atoms with Crippen LogP contribution in [0.4, 0.5) is 10.7 Å². The molecule has 1 aromatic heterocycles. The third kappa shape index (κ3) is 4.25. The van der Waals surface area contributed by atoms with Gasteiger partial charge in [-0.3, -0.25) is 14.4 Å². The van der Waals surface area contributed by atoms with Crippen molar-refractivity contribution in [3.63, 3.8) is 0 Å². The van der Waals surface area contributed by atoms with E-state index in [-0.39, 0.29) is 17.6 Å². The van der Waals surface area contributed by atoms with Crippen molar-refractivity contribution < 1.29 is 14.4 Å². The molecule has 1 aliphatic rings. The predicted molar refractivity (Wildman–Crippen MR) is 105 cm³/mol. The maximum Gasteiger partial charge on any atom is 0.251 e. The lowest BCUT2D eigenvalue weighted by molar-refractivity contribution is -0.114. The van der Waals surface area contributed by atoms with Crippen LogP contribution in [-0.2, 0) is 22.4 Å². The highest BCUT2D eigenvalue weighted by Crippen LogP contribution is 2.38. The molecule has 0 unspecified atom stereocenters. The van der Waals surface area contributed by atoms with Crippen LogP contribution >= 0.6 is 23.1 Å². The smallest absolute Gasteiger partial charge is 0.251 e. The van der Waals surface area contributed by atoms with Gasteiger partial charge in [0.2, 0.25) is 11.8 Å². The number of nitrogens with one attached hydrogen (secondary N) is 2. The largest absolute Gasteiger partial charge is 0.365 e. The molecule has 26 heavy (non-hydrogen) atoms. The third-order valence-corrected chi connectivity index (χ3v) is 6.18. The molecule has 0 bridgehead atoms. The van der Waals surface area contributed by atoms with E-state index < -0.39 is 5.91 Å². The maximum absolute atomic E-state index is 12.3. The van der Waals surface area contributed by atoms with Crippen molar-refractivity contribution in [1.29, 1.82) is 0 Å². The van der Waals surface area contributed by atoms with Gasteiger partial charge in [-0.05, 0) is 49.1 Å². The van der Waals surface area contributed by atoms with Gasteiger partial charge in [0.25, 0.3) is 5.91 Å². The summed E-state index contributed by atoms with van der Waals surface area (Å²) in [4.78, 5) is 37.1. The van der Waals surface area contributed by atoms with Crippen LogP contribution in [0.2, 0.25) is 0 Å². The molecule has 1 aromatic carbocycles. The summed E-state index contributed by atoms with van der Waals surface area (Å²) in [6.45, 7) is 1.45. The molecule has 0 spiro atoms. The first-order valence-corrected chi connectivity index (χ1v) is 9.99. The molecule has 2 aromatic rings. The van der Waals surface area contributed by atoms with E-state index in [1.54, 1.807) is 12.1 Å². The second-order valence-electron chi connectivity index (χ2n) is 5.97. The fourth-order valence-electron chi connectivity index (χ4n) is 2.90. The maximum atomic E-state index is 12.3. The summed E-state index contributed by atoms with van der Waals surface area (Å²) < 4.78 is 0. The molecule has 8 heteroatoms. The normalized spacial score (nSPS) is 12.5. The van der Waals surface area contributed by atoms with E-state index in [4.69, 9.17) is 5.73 Å². The zero-order chi connectivity index (χ0) is 18.7. The Bertz CT molecular complexity index is 859. The standard InChI is InChI=1S/C18H19N3O3S2/c1-10(22)20-11-5-7-12(8-6-11)25-9-15(23)21-18-16(17(19)24)13-3-2-4-14(13)26-18/h5-8H,2-4,9H2,1H3,(H2,19,24)(H,20,22)(H,21,23). The Morgan fingerprint density at radius 3 is 2.54 bits per heavy atom. The van der Waals surface area contributed by atoms with Gasteiger partial charge in [-0.1, -0.05) is 0 Å². The summed E-state index contributed by atoms with van der Waals surface area (Å²) in [7, 11) is 0. The minimum atomic E-state index is -0.485. The summed E-state index contributed by atoms with van der Waals surface area (Å²) in [6.07, 6.45) is 2.81. The van der Waals surface area contributed by atoms with Gasteiger partial charge < -0.3 is 16.4 Å². The average Bonchev–Trinajstić information content (AvgIpc) is 3.13. The summed E-state index contributed by atoms with van der Waals surface area (Å²) in [5.74, 6) is -0.567. The number of thioether (sulfide) groups is 1. The Morgan fingerprint density at radius 2 is 1.88 bits per heavy atom. The molecule has 0 fully saturated rings. The number of carbonyl (C=O) groups excluding carboxylic acids is 3. The van der Waals surface area contributed by atoms with Gasteiger partial charge in [-0.25, -0.2) is 0 Å². The first kappa shape index (κ1) is 18.5. The number of nitrogens with two attached hydrogens (primary N) is 1. The van der Waals surface area contributed by atoms with Gasteiger partial charge in [0.05, 0.1) is 11.3 Å². The molecule has 0 atom stereocenters. The lowest BCUT2D eigenvalue weighted by atomic mass is 10.1. The predicted octanol–water partition coefficient (Wildman–Crippen LogP) is 3.02. The van der Waals surface area contributed by atoms with Gasteiger partial charge in [0.15, 0.2) is 0 Å². The molecular formula is C18H19N3O3S2. The van der Waals surface area contributed by atoms with Crippen LogP contribution in [0.25, 0.3) is 0 Å². The number of hydrogen-bond acceptors (Lipinski definition) is 5. The Morgan fingerprint density at radius 1 is 1.15 bits per heavy atom. The SMILES string of the molecule is CC(=O)Nc1ccc(SCC(=O)Nc2sc3c(c2C(N)=O)CCC3)cc1. The summed E-state index contributed by atoms with van der Waals surface area (Å²) >= 11 is 2.84. The van der Waals surface area contributed by atoms with Crippen molar-refractivity contribution in [3.05, 3.63) is 40.3 Å². The van der Waals surface area contributed by atoms with Crippen LogP contribution in [-0.4, -0.2) is 23.5 Å². The average molecular weight is 390 g/mol. The minimum absolute atomic E-state index is 0.127. The van der Waals surface area contributed by atoms with E-state index in [1.807, 2.05) is 12.1 Å². The second kappa shape index (κ2) is 7.92. The number of hydrogen-bond donors (Lipinski definition) is 3. The molecular weight excluding hydrogens is 370 g/mol. The topological polar surface area (TPSA) is 101 Å². The fraction of sp³-hybridized carbons (Fsp3) is 0.278. The number of carbonyl (C=O) groups is 3. The van der Waals surface area contributed by atoms with Gasteiger partial charge in [-0.15, -0.1) is 23.1 Å². The van der Waals surface area contributed by atoms with Gasteiger partial charge in [0, 0.05) is 22.4 Å². The van der Waals surface area contributed by atoms with Gasteiger partial charge in [0.1, 0.15) is 5.00 Å². The van der Waals surface area contributed by atoms with Crippen LogP contribution in [0.15, 0.2) is 29.2 Å². The highest BCUT2D eigenvalue weighted by Gasteiger charge is 2.26. The highest BCUT2D eigenvalue weighted by molar-refractivity contribution is 8.00. The van der Waals surface area contributed by atoms with E-state index in [2.05, 4.69) is 10.6 Å². The number of rotatable bonds is 6. The van der Waals surface area contributed by atoms with Crippen LogP contribution in [0, 0.1) is 0 Å². The van der Waals surface area contributed by atoms with Crippen molar-refractivity contribution in [2.45, 2.75) is 31.1 Å². The first-order chi connectivity index (χ1) is 12.4. The van der Waals surface area contributed by atoms with E-state index in [9.17, 15) is 14.4 Å². The first-order valence-electron chi connectivity index (χ1n) is 8.18. The number of fused-ring (bicyclic) bond motifs is 1. The number of benzene rings is 1. The van der Waals surface area contributed by atoms with Crippen LogP contribution in [0.1, 0.15) is 34.1 Å². The zero-order valence-corrected chi connectivity index (χ0v) is 15.9. The quantitative estimate of drug-likeness (QED) is 0.661. The van der Waals surface area contributed by atoms with Gasteiger partial charge in [-0.2, -0.15) is 0 Å². The lowest BCUT2D eigenvalue weighted by Gasteiger charge is -2.07. The molecule has 0 aliphatic heterocycles. The number of aryl methyl sites for hydroxylation is 1. The zero-order valence-electron chi connectivity index (χ0n) is 14.3. The molecule has 0 radical (unpaired) electrons. The van der Waals surface area contributed by atoms with Crippen molar-refractivity contribution >= 4 is 51.5 Å². The molecule has 1 heterocycles. The Kier molecular flexibility index (Phi) is 5.63. The van der Waals surface area contributed by atoms with Gasteiger partial charge >= 0.3 is 0 Å². The van der Waals surface area contributed by atoms with E-state index in [0.717, 1.165) is 34.6 Å². The number of primary amides is 1. The summed E-state index contributed by atoms with van der Waals surface area (Å²) in [6, 6.07) is 7.27. The Labute approximate surface area is 159 Å². The molecule has 0 saturated carbocycles. The monoisotopic (exact) mass is 389 g/mol. The molecule has 136 valence electrons. The molecule has 0 saturated heterocycles. The molecule has 3 amide bonds. The van der Waals surface area contributed by atoms with Crippen molar-refractivity contribution in [2.24, 2.45) is 5.73 Å². The second-order valence-corrected chi connectivity index (χ2v) is 8.12. The lowest BCUT2D eigenvalue weighted by Crippen LogP contribution is -2.18. The molecule has 6 nitrogen and oxygen atoms in total. The number of anilines is 2. The van der Waals surface area contributed by atoms with Crippen molar-refractivity contribution in [1.82, 2.24) is 0 Å². The Balaban J connectivity index is 1.60. The molecule has 4 N–H and O–H groups in total. The van der Waals surface area contributed by atoms with Crippen LogP contribution in [0.3, 0.4) is 0 Å². The van der Waals surface area contributed by atoms with E-state index in [0.29, 0.717) is 16.3 Å². The summed E-state index contributed by atoms with van der Waals surface area (Å²) in [5.41, 5.74) is 7.69. The summed E-state index contributed by atoms with van der Waals surface area (Å²) in [5, 5.41) is 6.09. The Hall–Kier alpha value is -2.32. The van der Waals surface area contributed by atoms with Crippen molar-refractivity contribution in [3.8, 4) is 0 Å². The van der Waals surface area contributed by atoms with Crippen LogP contribution < -0.4 is 16.4 Å². The number of thiophene rings is 1. The van der Waals surface area contributed by atoms with Crippen molar-refractivity contribution in [2.75, 3.05) is 16.4 Å². The van der Waals surface area contributed by atoms with E-state index in [1.165, 1.54) is 30.0 Å². The number of amides is 3. The van der Waals surface area contributed by atoms with E-state index >= 15 is 0 Å². The fourth-order valence-corrected chi connectivity index (χ4v) is 4.91. The molecule has 3 rings (SSSR count). The minimum Gasteiger partial charge on any atom is -0.365 e. The third-order valence-electron chi connectivity index (χ3n) is 3.97. The highest BCUT2D eigenvalue weighted by atomic mass is 32.2. The van der Waals surface area contributed by atoms with Crippen LogP contribution in [0.5, 0.6) is 0 Å².